The number of benzene rings is 3. The van der Waals surface area contributed by atoms with Gasteiger partial charge in [-0.2, -0.15) is 0 Å². The molecule has 1 aliphatic heterocycles. The van der Waals surface area contributed by atoms with Crippen LogP contribution in [0.4, 0.5) is 4.39 Å². The maximum atomic E-state index is 13.8. The summed E-state index contributed by atoms with van der Waals surface area (Å²) in [7, 11) is 1.62. The van der Waals surface area contributed by atoms with Gasteiger partial charge >= 0.3 is 0 Å². The quantitative estimate of drug-likeness (QED) is 0.446. The summed E-state index contributed by atoms with van der Waals surface area (Å²) in [6, 6.07) is 22.1. The molecule has 6 heteroatoms. The van der Waals surface area contributed by atoms with Gasteiger partial charge < -0.3 is 4.74 Å². The monoisotopic (exact) mass is 468 g/mol. The van der Waals surface area contributed by atoms with Gasteiger partial charge in [0.1, 0.15) is 11.6 Å². The van der Waals surface area contributed by atoms with Crippen LogP contribution in [0.2, 0.25) is 0 Å². The van der Waals surface area contributed by atoms with Gasteiger partial charge in [0.15, 0.2) is 4.80 Å². The lowest BCUT2D eigenvalue weighted by molar-refractivity contribution is 0.414. The second-order valence-electron chi connectivity index (χ2n) is 8.44. The van der Waals surface area contributed by atoms with E-state index in [-0.39, 0.29) is 17.4 Å². The number of nitrogens with zero attached hydrogens (tertiary/aromatic N) is 2. The second kappa shape index (κ2) is 8.22. The number of ether oxygens (including phenoxy) is 1. The van der Waals surface area contributed by atoms with Crippen molar-refractivity contribution in [2.45, 2.75) is 18.9 Å². The third-order valence-corrected chi connectivity index (χ3v) is 7.43. The lowest BCUT2D eigenvalue weighted by atomic mass is 9.83. The molecule has 0 unspecified atom stereocenters. The minimum absolute atomic E-state index is 0.0914. The van der Waals surface area contributed by atoms with Crippen LogP contribution in [0.15, 0.2) is 88.2 Å². The van der Waals surface area contributed by atoms with Crippen molar-refractivity contribution >= 4 is 23.1 Å². The fraction of sp³-hybridized carbons (Fsp3) is 0.143. The van der Waals surface area contributed by atoms with E-state index in [2.05, 4.69) is 12.1 Å². The number of allylic oxidation sites excluding steroid dienone is 1. The number of aryl methyl sites for hydroxylation is 1. The number of fused-ring (bicyclic) bond motifs is 3. The van der Waals surface area contributed by atoms with Crippen LogP contribution in [0.25, 0.3) is 11.8 Å². The smallest absolute Gasteiger partial charge is 0.271 e. The number of hydrogen-bond acceptors (Lipinski definition) is 4. The van der Waals surface area contributed by atoms with E-state index in [4.69, 9.17) is 9.73 Å². The average molecular weight is 469 g/mol. The molecule has 1 aromatic heterocycles. The van der Waals surface area contributed by atoms with Gasteiger partial charge in [-0.3, -0.25) is 9.36 Å². The van der Waals surface area contributed by atoms with Crippen LogP contribution in [-0.4, -0.2) is 11.7 Å². The van der Waals surface area contributed by atoms with E-state index in [1.54, 1.807) is 23.8 Å². The molecule has 0 saturated heterocycles. The maximum Gasteiger partial charge on any atom is 0.271 e. The molecule has 0 spiro atoms. The van der Waals surface area contributed by atoms with E-state index < -0.39 is 0 Å². The minimum Gasteiger partial charge on any atom is -0.497 e. The first-order chi connectivity index (χ1) is 16.6. The molecule has 34 heavy (non-hydrogen) atoms. The summed E-state index contributed by atoms with van der Waals surface area (Å²) in [6.07, 6.45) is 3.57. The van der Waals surface area contributed by atoms with Crippen molar-refractivity contribution in [3.05, 3.63) is 126 Å². The van der Waals surface area contributed by atoms with Crippen molar-refractivity contribution in [1.82, 2.24) is 4.57 Å². The molecule has 1 atom stereocenters. The fourth-order valence-electron chi connectivity index (χ4n) is 4.85. The SMILES string of the molecule is COc1cccc(/C=c2\sc3n(c2=O)[C@H](c2ccc(F)cc2)C2=C(N=3)c3ccccc3CC2)c1. The third kappa shape index (κ3) is 3.42. The van der Waals surface area contributed by atoms with Crippen LogP contribution in [-0.2, 0) is 6.42 Å². The van der Waals surface area contributed by atoms with Crippen LogP contribution in [0, 0.1) is 5.82 Å². The Morgan fingerprint density at radius 3 is 2.71 bits per heavy atom. The fourth-order valence-corrected chi connectivity index (χ4v) is 5.85. The topological polar surface area (TPSA) is 43.6 Å². The Balaban J connectivity index is 1.61. The van der Waals surface area contributed by atoms with Crippen LogP contribution >= 0.6 is 11.3 Å². The Labute approximate surface area is 199 Å². The number of thiazole rings is 1. The number of rotatable bonds is 3. The van der Waals surface area contributed by atoms with Crippen molar-refractivity contribution in [1.29, 1.82) is 0 Å². The minimum atomic E-state index is -0.312. The van der Waals surface area contributed by atoms with Crippen molar-refractivity contribution in [3.8, 4) is 5.75 Å². The summed E-state index contributed by atoms with van der Waals surface area (Å²) >= 11 is 1.38. The normalized spacial score (nSPS) is 17.0. The van der Waals surface area contributed by atoms with Crippen LogP contribution < -0.4 is 19.6 Å². The van der Waals surface area contributed by atoms with Crippen LogP contribution in [0.3, 0.4) is 0 Å². The highest BCUT2D eigenvalue weighted by atomic mass is 32.1. The zero-order chi connectivity index (χ0) is 23.2. The molecule has 168 valence electrons. The largest absolute Gasteiger partial charge is 0.497 e. The van der Waals surface area contributed by atoms with Gasteiger partial charge in [0, 0.05) is 5.56 Å². The van der Waals surface area contributed by atoms with Gasteiger partial charge in [-0.1, -0.05) is 59.9 Å². The Morgan fingerprint density at radius 2 is 1.88 bits per heavy atom. The van der Waals surface area contributed by atoms with Gasteiger partial charge in [0.05, 0.1) is 23.4 Å². The average Bonchev–Trinajstić information content (AvgIpc) is 3.18. The van der Waals surface area contributed by atoms with Gasteiger partial charge in [0.2, 0.25) is 0 Å². The second-order valence-corrected chi connectivity index (χ2v) is 9.45. The zero-order valence-electron chi connectivity index (χ0n) is 18.5. The van der Waals surface area contributed by atoms with E-state index in [1.807, 2.05) is 42.5 Å². The molecular weight excluding hydrogens is 447 g/mol. The van der Waals surface area contributed by atoms with E-state index in [0.29, 0.717) is 9.33 Å². The Hall–Kier alpha value is -3.77. The Kier molecular flexibility index (Phi) is 5.03. The highest BCUT2D eigenvalue weighted by Crippen LogP contribution is 2.41. The highest BCUT2D eigenvalue weighted by Gasteiger charge is 2.32. The molecule has 0 N–H and O–H groups in total. The number of hydrogen-bond donors (Lipinski definition) is 0. The van der Waals surface area contributed by atoms with E-state index in [9.17, 15) is 9.18 Å². The van der Waals surface area contributed by atoms with Gasteiger partial charge in [-0.05, 0) is 65.4 Å². The van der Waals surface area contributed by atoms with E-state index >= 15 is 0 Å². The molecule has 0 saturated carbocycles. The van der Waals surface area contributed by atoms with E-state index in [0.717, 1.165) is 46.6 Å². The van der Waals surface area contributed by atoms with Gasteiger partial charge in [-0.15, -0.1) is 0 Å². The zero-order valence-corrected chi connectivity index (χ0v) is 19.3. The van der Waals surface area contributed by atoms with Crippen LogP contribution in [0.1, 0.15) is 34.7 Å². The molecular formula is C28H21FN2O2S. The molecule has 0 radical (unpaired) electrons. The molecule has 4 nitrogen and oxygen atoms in total. The molecule has 0 fully saturated rings. The molecule has 1 aliphatic carbocycles. The number of halogens is 1. The predicted molar refractivity (Wildman–Crippen MR) is 132 cm³/mol. The summed E-state index contributed by atoms with van der Waals surface area (Å²) in [5.41, 5.74) is 6.09. The van der Waals surface area contributed by atoms with Crippen LogP contribution in [0.5, 0.6) is 5.75 Å². The summed E-state index contributed by atoms with van der Waals surface area (Å²) < 4.78 is 21.5. The van der Waals surface area contributed by atoms with Crippen molar-refractivity contribution in [2.24, 2.45) is 4.99 Å². The summed E-state index contributed by atoms with van der Waals surface area (Å²) in [5, 5.41) is 0. The first-order valence-corrected chi connectivity index (χ1v) is 12.0. The molecule has 2 heterocycles. The van der Waals surface area contributed by atoms with Crippen molar-refractivity contribution in [2.75, 3.05) is 7.11 Å². The molecule has 0 amide bonds. The van der Waals surface area contributed by atoms with Gasteiger partial charge in [0.25, 0.3) is 5.56 Å². The maximum absolute atomic E-state index is 13.8. The third-order valence-electron chi connectivity index (χ3n) is 6.45. The molecule has 4 aromatic rings. The van der Waals surface area contributed by atoms with Gasteiger partial charge in [-0.25, -0.2) is 9.38 Å². The molecule has 0 bridgehead atoms. The molecule has 2 aliphatic rings. The lowest BCUT2D eigenvalue weighted by Crippen LogP contribution is -2.38. The Bertz CT molecular complexity index is 1630. The first-order valence-electron chi connectivity index (χ1n) is 11.1. The predicted octanol–water partition coefficient (Wildman–Crippen LogP) is 4.47. The molecule has 3 aromatic carbocycles. The number of aromatic nitrogens is 1. The molecule has 6 rings (SSSR count). The van der Waals surface area contributed by atoms with Crippen molar-refractivity contribution in [3.63, 3.8) is 0 Å². The lowest BCUT2D eigenvalue weighted by Gasteiger charge is -2.30. The highest BCUT2D eigenvalue weighted by molar-refractivity contribution is 7.07. The summed E-state index contributed by atoms with van der Waals surface area (Å²) in [5.74, 6) is 0.440. The standard InChI is InChI=1S/C28H21FN2O2S/c1-33-21-7-4-5-17(15-21)16-24-27(32)31-26(19-9-12-20(29)13-10-19)23-14-11-18-6-2-3-8-22(18)25(23)30-28(31)34-24/h2-10,12-13,15-16,26H,11,14H2,1H3/b24-16-/t26-/m1/s1. The summed E-state index contributed by atoms with van der Waals surface area (Å²) in [4.78, 5) is 19.4. The first kappa shape index (κ1) is 20.8. The van der Waals surface area contributed by atoms with Crippen molar-refractivity contribution < 1.29 is 9.13 Å². The Morgan fingerprint density at radius 1 is 1.06 bits per heavy atom. The number of methoxy groups -OCH3 is 1. The summed E-state index contributed by atoms with van der Waals surface area (Å²) in [6.45, 7) is 0. The van der Waals surface area contributed by atoms with E-state index in [1.165, 1.54) is 29.0 Å².